The van der Waals surface area contributed by atoms with Crippen molar-refractivity contribution in [3.05, 3.63) is 62.4 Å². The number of aliphatic imine (C=N–C) groups is 1. The summed E-state index contributed by atoms with van der Waals surface area (Å²) in [6, 6.07) is 4.66. The zero-order valence-electron chi connectivity index (χ0n) is 25.2. The van der Waals surface area contributed by atoms with Crippen LogP contribution in [0.1, 0.15) is 44.7 Å². The second kappa shape index (κ2) is 15.2. The summed E-state index contributed by atoms with van der Waals surface area (Å²) >= 11 is 0. The van der Waals surface area contributed by atoms with Crippen molar-refractivity contribution >= 4 is 34.0 Å². The highest BCUT2D eigenvalue weighted by Gasteiger charge is 2.30. The molecule has 2 rings (SSSR count). The molecule has 0 saturated carbocycles. The maximum absolute atomic E-state index is 13.3. The van der Waals surface area contributed by atoms with Gasteiger partial charge in [-0.05, 0) is 59.6 Å². The Morgan fingerprint density at radius 1 is 1.16 bits per heavy atom. The van der Waals surface area contributed by atoms with E-state index in [4.69, 9.17) is 10.5 Å². The average Bonchev–Trinajstić information content (AvgIpc) is 2.89. The Morgan fingerprint density at radius 2 is 1.80 bits per heavy atom. The summed E-state index contributed by atoms with van der Waals surface area (Å²) in [4.78, 5) is 68.6. The molecule has 0 spiro atoms. The van der Waals surface area contributed by atoms with Gasteiger partial charge in [0.2, 0.25) is 11.9 Å². The first-order chi connectivity index (χ1) is 20.4. The molecule has 0 saturated heterocycles. The Morgan fingerprint density at radius 3 is 2.39 bits per heavy atom. The Kier molecular flexibility index (Phi) is 12.3. The van der Waals surface area contributed by atoms with Crippen molar-refractivity contribution < 1.29 is 32.6 Å². The maximum atomic E-state index is 13.3. The smallest absolute Gasteiger partial charge is 0.407 e. The summed E-state index contributed by atoms with van der Waals surface area (Å²) in [6.45, 7) is 7.14. The van der Waals surface area contributed by atoms with E-state index in [9.17, 15) is 37.5 Å². The lowest BCUT2D eigenvalue weighted by Crippen LogP contribution is -2.50. The number of aromatic amines is 1. The third-order valence-corrected chi connectivity index (χ3v) is 7.36. The van der Waals surface area contributed by atoms with Crippen LogP contribution in [0.15, 0.2) is 49.9 Å². The number of nitrogens with one attached hydrogen (secondary N) is 3. The predicted octanol–water partition coefficient (Wildman–Crippen LogP) is 0.0333. The van der Waals surface area contributed by atoms with Crippen LogP contribution in [0, 0.1) is 13.8 Å². The minimum Gasteiger partial charge on any atom is -0.480 e. The number of sulfonamides is 1. The number of carbonyl (C=O) groups is 3. The summed E-state index contributed by atoms with van der Waals surface area (Å²) in [5.74, 6) is -2.54. The molecule has 0 aliphatic carbocycles. The predicted molar refractivity (Wildman–Crippen MR) is 161 cm³/mol. The molecular weight excluding hydrogens is 598 g/mol. The first-order valence-corrected chi connectivity index (χ1v) is 15.1. The van der Waals surface area contributed by atoms with Crippen molar-refractivity contribution in [1.82, 2.24) is 24.5 Å². The van der Waals surface area contributed by atoms with Crippen molar-refractivity contribution in [2.75, 3.05) is 19.6 Å². The van der Waals surface area contributed by atoms with Crippen molar-refractivity contribution in [3.63, 3.8) is 0 Å². The van der Waals surface area contributed by atoms with E-state index in [0.717, 1.165) is 15.0 Å². The zero-order chi connectivity index (χ0) is 33.2. The lowest BCUT2D eigenvalue weighted by Gasteiger charge is -2.29. The minimum absolute atomic E-state index is 0.0156. The van der Waals surface area contributed by atoms with E-state index in [2.05, 4.69) is 20.0 Å². The third-order valence-electron chi connectivity index (χ3n) is 5.99. The molecule has 2 aromatic rings. The molecule has 0 aliphatic rings. The van der Waals surface area contributed by atoms with E-state index in [0.29, 0.717) is 0 Å². The molecule has 44 heavy (non-hydrogen) atoms. The molecule has 1 aromatic heterocycles. The molecule has 1 atom stereocenters. The number of carbonyl (C=O) groups excluding carboxylic acids is 2. The second-order valence-corrected chi connectivity index (χ2v) is 12.6. The van der Waals surface area contributed by atoms with Gasteiger partial charge in [0.25, 0.3) is 15.6 Å². The number of hydrogen-bond donors (Lipinski definition) is 5. The fraction of sp³-hybridized carbons (Fsp3) is 0.481. The Bertz CT molecular complexity index is 1590. The summed E-state index contributed by atoms with van der Waals surface area (Å²) in [6.07, 6.45) is 0.350. The fourth-order valence-corrected chi connectivity index (χ4v) is 4.81. The van der Waals surface area contributed by atoms with Gasteiger partial charge in [0.1, 0.15) is 18.2 Å². The number of carboxylic acid groups (broad SMARTS) is 1. The highest BCUT2D eigenvalue weighted by Crippen LogP contribution is 2.12. The van der Waals surface area contributed by atoms with Crippen LogP contribution in [0.4, 0.5) is 4.79 Å². The second-order valence-electron chi connectivity index (χ2n) is 10.9. The summed E-state index contributed by atoms with van der Waals surface area (Å²) in [7, 11) is -3.98. The van der Waals surface area contributed by atoms with Crippen LogP contribution in [-0.2, 0) is 30.9 Å². The number of benzene rings is 1. The van der Waals surface area contributed by atoms with Crippen LogP contribution in [0.3, 0.4) is 0 Å². The highest BCUT2D eigenvalue weighted by atomic mass is 32.2. The molecule has 242 valence electrons. The number of hydrogen-bond acceptors (Lipinski definition) is 9. The van der Waals surface area contributed by atoms with Crippen molar-refractivity contribution in [3.8, 4) is 0 Å². The number of aromatic nitrogens is 2. The monoisotopic (exact) mass is 637 g/mol. The van der Waals surface area contributed by atoms with Crippen molar-refractivity contribution in [2.45, 2.75) is 70.5 Å². The number of H-pyrrole nitrogens is 1. The van der Waals surface area contributed by atoms with Gasteiger partial charge < -0.3 is 25.8 Å². The molecule has 6 N–H and O–H groups in total. The topological polar surface area (TPSA) is 235 Å². The number of alkyl carbamates (subject to hydrolysis) is 1. The zero-order valence-corrected chi connectivity index (χ0v) is 26.1. The SMILES string of the molecule is Cc1ccc(S(=O)(=O)NC(N)=NCCC[C@@H](C(=O)O)N(CCNC(=O)OC(C)(C)C)C(=O)Cn2cc(C)c(=O)[nH]c2=O)cc1. The van der Waals surface area contributed by atoms with E-state index in [-0.39, 0.29) is 42.9 Å². The number of ether oxygens (including phenoxy) is 1. The fourth-order valence-electron chi connectivity index (χ4n) is 3.86. The number of guanidine groups is 1. The number of carboxylic acids is 1. The van der Waals surface area contributed by atoms with Crippen LogP contribution >= 0.6 is 0 Å². The number of nitrogens with zero attached hydrogens (tertiary/aromatic N) is 3. The normalized spacial score (nSPS) is 12.7. The third kappa shape index (κ3) is 11.2. The van der Waals surface area contributed by atoms with Gasteiger partial charge in [0.05, 0.1) is 4.90 Å². The van der Waals surface area contributed by atoms with E-state index in [1.165, 1.54) is 25.3 Å². The molecule has 2 amide bonds. The number of rotatable bonds is 13. The molecule has 1 aromatic carbocycles. The van der Waals surface area contributed by atoms with Gasteiger partial charge in [-0.3, -0.25) is 24.1 Å². The van der Waals surface area contributed by atoms with Crippen molar-refractivity contribution in [1.29, 1.82) is 0 Å². The number of aryl methyl sites for hydroxylation is 2. The summed E-state index contributed by atoms with van der Waals surface area (Å²) in [5, 5.41) is 12.5. The molecular formula is C27H39N7O9S. The molecule has 0 radical (unpaired) electrons. The van der Waals surface area contributed by atoms with Gasteiger partial charge in [-0.25, -0.2) is 27.5 Å². The van der Waals surface area contributed by atoms with Crippen LogP contribution in [-0.4, -0.2) is 83.2 Å². The Balaban J connectivity index is 2.16. The van der Waals surface area contributed by atoms with Crippen molar-refractivity contribution in [2.24, 2.45) is 10.7 Å². The number of aliphatic carboxylic acids is 1. The standard InChI is InChI=1S/C27H39N7O9S/c1-17-8-10-19(11-9-17)44(41,42)32-24(28)29-12-6-7-20(23(37)38)34(14-13-30-26(40)43-27(3,4)5)21(35)16-33-15-18(2)22(36)31-25(33)39/h8-11,15,20H,6-7,12-14,16H2,1-5H3,(H,30,40)(H,37,38)(H3,28,29,32)(H,31,36,39)/t20-/m0/s1. The first-order valence-electron chi connectivity index (χ1n) is 13.6. The largest absolute Gasteiger partial charge is 0.480 e. The van der Waals surface area contributed by atoms with Crippen LogP contribution in [0.25, 0.3) is 0 Å². The van der Waals surface area contributed by atoms with Gasteiger partial charge in [0, 0.05) is 31.4 Å². The minimum atomic E-state index is -3.98. The first kappa shape index (κ1) is 35.5. The van der Waals surface area contributed by atoms with Crippen LogP contribution < -0.4 is 27.0 Å². The van der Waals surface area contributed by atoms with Gasteiger partial charge in [-0.2, -0.15) is 0 Å². The lowest BCUT2D eigenvalue weighted by atomic mass is 10.1. The van der Waals surface area contributed by atoms with Gasteiger partial charge in [-0.1, -0.05) is 17.7 Å². The molecule has 0 aliphatic heterocycles. The Hall–Kier alpha value is -4.67. The van der Waals surface area contributed by atoms with Gasteiger partial charge in [0.15, 0.2) is 0 Å². The summed E-state index contributed by atoms with van der Waals surface area (Å²) in [5.41, 5.74) is 4.51. The average molecular weight is 638 g/mol. The summed E-state index contributed by atoms with van der Waals surface area (Å²) < 4.78 is 33.3. The molecule has 0 unspecified atom stereocenters. The molecule has 17 heteroatoms. The molecule has 0 bridgehead atoms. The lowest BCUT2D eigenvalue weighted by molar-refractivity contribution is -0.150. The van der Waals surface area contributed by atoms with E-state index in [1.54, 1.807) is 39.8 Å². The number of amides is 2. The molecule has 1 heterocycles. The highest BCUT2D eigenvalue weighted by molar-refractivity contribution is 7.90. The van der Waals surface area contributed by atoms with E-state index >= 15 is 0 Å². The maximum Gasteiger partial charge on any atom is 0.407 e. The van der Waals surface area contributed by atoms with E-state index in [1.807, 2.05) is 0 Å². The van der Waals surface area contributed by atoms with Gasteiger partial charge >= 0.3 is 17.8 Å². The number of nitrogens with two attached hydrogens (primary N) is 1. The molecule has 0 fully saturated rings. The quantitative estimate of drug-likeness (QED) is 0.112. The Labute approximate surface area is 254 Å². The molecule has 16 nitrogen and oxygen atoms in total. The van der Waals surface area contributed by atoms with Crippen LogP contribution in [0.5, 0.6) is 0 Å². The van der Waals surface area contributed by atoms with E-state index < -0.39 is 63.4 Å². The van der Waals surface area contributed by atoms with Gasteiger partial charge in [-0.15, -0.1) is 0 Å². The van der Waals surface area contributed by atoms with Crippen LogP contribution in [0.2, 0.25) is 0 Å².